The van der Waals surface area contributed by atoms with E-state index >= 15 is 0 Å². The number of hydrogen-bond acceptors (Lipinski definition) is 6. The predicted molar refractivity (Wildman–Crippen MR) is 130 cm³/mol. The molecule has 0 amide bonds. The molecule has 33 heavy (non-hydrogen) atoms. The van der Waals surface area contributed by atoms with Crippen LogP contribution in [0.4, 0.5) is 0 Å². The lowest BCUT2D eigenvalue weighted by Gasteiger charge is -2.17. The summed E-state index contributed by atoms with van der Waals surface area (Å²) < 4.78 is 27.2. The van der Waals surface area contributed by atoms with Crippen molar-refractivity contribution >= 4 is 21.8 Å². The Morgan fingerprint density at radius 2 is 1.70 bits per heavy atom. The summed E-state index contributed by atoms with van der Waals surface area (Å²) in [5, 5.41) is 10.4. The molecule has 0 atom stereocenters. The molecule has 3 N–H and O–H groups in total. The van der Waals surface area contributed by atoms with Crippen molar-refractivity contribution in [2.75, 3.05) is 6.54 Å². The Morgan fingerprint density at radius 3 is 2.33 bits per heavy atom. The molecular formula is C24H27N3O4S2. The van der Waals surface area contributed by atoms with Crippen LogP contribution in [0.5, 0.6) is 0 Å². The summed E-state index contributed by atoms with van der Waals surface area (Å²) in [4.78, 5) is 19.8. The lowest BCUT2D eigenvalue weighted by Crippen LogP contribution is -2.38. The largest absolute Gasteiger partial charge is 0.389 e. The van der Waals surface area contributed by atoms with Gasteiger partial charge >= 0.3 is 0 Å². The van der Waals surface area contributed by atoms with Crippen LogP contribution in [0.25, 0.3) is 11.1 Å². The maximum atomic E-state index is 12.4. The standard InChI is InChI=1S/C24H27N3O4S2/c1-24(2,29)15-25-33(30,31)19-12-10-18(11-13-19)17-8-6-16(7-9-17)14-32-23-26-21-5-3-4-20(21)22(28)27-23/h6-13,25,29H,3-5,14-15H2,1-2H3,(H,26,27,28). The van der Waals surface area contributed by atoms with E-state index in [1.165, 1.54) is 11.8 Å². The van der Waals surface area contributed by atoms with E-state index in [0.717, 1.165) is 47.2 Å². The first-order chi connectivity index (χ1) is 15.6. The van der Waals surface area contributed by atoms with Gasteiger partial charge in [0.05, 0.1) is 16.2 Å². The number of nitrogens with one attached hydrogen (secondary N) is 2. The third-order valence-corrected chi connectivity index (χ3v) is 7.80. The van der Waals surface area contributed by atoms with Crippen LogP contribution in [-0.2, 0) is 28.6 Å². The Hall–Kier alpha value is -2.46. The lowest BCUT2D eigenvalue weighted by atomic mass is 10.0. The number of sulfonamides is 1. The van der Waals surface area contributed by atoms with Crippen molar-refractivity contribution in [2.45, 2.75) is 54.5 Å². The molecule has 0 saturated carbocycles. The topological polar surface area (TPSA) is 112 Å². The third-order valence-electron chi connectivity index (χ3n) is 5.44. The molecule has 0 radical (unpaired) electrons. The molecular weight excluding hydrogens is 458 g/mol. The molecule has 1 aliphatic carbocycles. The average molecular weight is 486 g/mol. The monoisotopic (exact) mass is 485 g/mol. The van der Waals surface area contributed by atoms with Crippen LogP contribution in [0.15, 0.2) is 63.4 Å². The highest BCUT2D eigenvalue weighted by atomic mass is 32.2. The van der Waals surface area contributed by atoms with E-state index < -0.39 is 15.6 Å². The molecule has 4 rings (SSSR count). The van der Waals surface area contributed by atoms with E-state index in [9.17, 15) is 18.3 Å². The number of H-pyrrole nitrogens is 1. The number of fused-ring (bicyclic) bond motifs is 1. The summed E-state index contributed by atoms with van der Waals surface area (Å²) >= 11 is 1.51. The van der Waals surface area contributed by atoms with Gasteiger partial charge in [-0.25, -0.2) is 18.1 Å². The van der Waals surface area contributed by atoms with Crippen molar-refractivity contribution in [3.8, 4) is 11.1 Å². The van der Waals surface area contributed by atoms with Gasteiger partial charge in [0.2, 0.25) is 10.0 Å². The molecule has 9 heteroatoms. The van der Waals surface area contributed by atoms with Gasteiger partial charge < -0.3 is 10.1 Å². The molecule has 0 aliphatic heterocycles. The van der Waals surface area contributed by atoms with Crippen molar-refractivity contribution in [1.82, 2.24) is 14.7 Å². The molecule has 7 nitrogen and oxygen atoms in total. The highest BCUT2D eigenvalue weighted by Gasteiger charge is 2.20. The van der Waals surface area contributed by atoms with Gasteiger partial charge in [-0.05, 0) is 61.9 Å². The highest BCUT2D eigenvalue weighted by Crippen LogP contribution is 2.25. The molecule has 0 fully saturated rings. The van der Waals surface area contributed by atoms with Gasteiger partial charge in [-0.1, -0.05) is 48.2 Å². The zero-order valence-electron chi connectivity index (χ0n) is 18.6. The van der Waals surface area contributed by atoms with Gasteiger partial charge in [0.1, 0.15) is 0 Å². The van der Waals surface area contributed by atoms with Crippen LogP contribution in [0.2, 0.25) is 0 Å². The number of rotatable bonds is 8. The van der Waals surface area contributed by atoms with Gasteiger partial charge in [-0.15, -0.1) is 0 Å². The molecule has 1 heterocycles. The van der Waals surface area contributed by atoms with E-state index in [0.29, 0.717) is 10.9 Å². The number of aromatic nitrogens is 2. The first-order valence-corrected chi connectivity index (χ1v) is 13.2. The van der Waals surface area contributed by atoms with Crippen LogP contribution in [0, 0.1) is 0 Å². The minimum absolute atomic E-state index is 0.0175. The number of aromatic amines is 1. The summed E-state index contributed by atoms with van der Waals surface area (Å²) in [6.45, 7) is 3.02. The fourth-order valence-corrected chi connectivity index (χ4v) is 5.65. The normalized spacial score (nSPS) is 13.8. The maximum absolute atomic E-state index is 12.4. The number of aliphatic hydroxyl groups is 1. The number of thioether (sulfide) groups is 1. The number of nitrogens with zero attached hydrogens (tertiary/aromatic N) is 1. The summed E-state index contributed by atoms with van der Waals surface area (Å²) in [6.07, 6.45) is 2.68. The number of aryl methyl sites for hydroxylation is 1. The van der Waals surface area contributed by atoms with Gasteiger partial charge in [0.25, 0.3) is 5.56 Å². The zero-order chi connectivity index (χ0) is 23.6. The van der Waals surface area contributed by atoms with E-state index in [2.05, 4.69) is 14.7 Å². The highest BCUT2D eigenvalue weighted by molar-refractivity contribution is 7.98. The Kier molecular flexibility index (Phi) is 6.76. The van der Waals surface area contributed by atoms with Crippen LogP contribution in [0.1, 0.15) is 37.1 Å². The van der Waals surface area contributed by atoms with Gasteiger partial charge in [0.15, 0.2) is 5.16 Å². The van der Waals surface area contributed by atoms with Crippen LogP contribution in [-0.4, -0.2) is 35.6 Å². The van der Waals surface area contributed by atoms with E-state index in [1.807, 2.05) is 24.3 Å². The number of hydrogen-bond donors (Lipinski definition) is 3. The first-order valence-electron chi connectivity index (χ1n) is 10.8. The van der Waals surface area contributed by atoms with Crippen LogP contribution < -0.4 is 10.3 Å². The summed E-state index contributed by atoms with van der Waals surface area (Å²) in [5.74, 6) is 0.687. The quantitative estimate of drug-likeness (QED) is 0.334. The fraction of sp³-hybridized carbons (Fsp3) is 0.333. The SMILES string of the molecule is CC(C)(O)CNS(=O)(=O)c1ccc(-c2ccc(CSc3nc4c(c(=O)[nH]3)CCC4)cc2)cc1. The second kappa shape index (κ2) is 9.42. The molecule has 0 spiro atoms. The third kappa shape index (κ3) is 5.92. The van der Waals surface area contributed by atoms with Crippen molar-refractivity contribution in [1.29, 1.82) is 0 Å². The fourth-order valence-electron chi connectivity index (χ4n) is 3.61. The van der Waals surface area contributed by atoms with Gasteiger partial charge in [0, 0.05) is 17.9 Å². The van der Waals surface area contributed by atoms with Crippen LogP contribution >= 0.6 is 11.8 Å². The Labute approximate surface area is 197 Å². The van der Waals surface area contributed by atoms with Crippen molar-refractivity contribution in [2.24, 2.45) is 0 Å². The molecule has 3 aromatic rings. The molecule has 174 valence electrons. The summed E-state index contributed by atoms with van der Waals surface area (Å²) in [7, 11) is -3.68. The Morgan fingerprint density at radius 1 is 1.06 bits per heavy atom. The second-order valence-electron chi connectivity index (χ2n) is 8.80. The molecule has 1 aromatic heterocycles. The predicted octanol–water partition coefficient (Wildman–Crippen LogP) is 3.27. The van der Waals surface area contributed by atoms with Crippen molar-refractivity contribution in [3.63, 3.8) is 0 Å². The summed E-state index contributed by atoms with van der Waals surface area (Å²) in [5.41, 5.74) is 3.59. The second-order valence-corrected chi connectivity index (χ2v) is 11.5. The molecule has 2 aromatic carbocycles. The van der Waals surface area contributed by atoms with Gasteiger partial charge in [-0.2, -0.15) is 0 Å². The molecule has 0 unspecified atom stereocenters. The molecule has 1 aliphatic rings. The van der Waals surface area contributed by atoms with Gasteiger partial charge in [-0.3, -0.25) is 4.79 Å². The summed E-state index contributed by atoms with van der Waals surface area (Å²) in [6, 6.07) is 14.7. The molecule has 0 bridgehead atoms. The lowest BCUT2D eigenvalue weighted by molar-refractivity contribution is 0.0857. The molecule has 0 saturated heterocycles. The Balaban J connectivity index is 1.40. The average Bonchev–Trinajstić information content (AvgIpc) is 3.26. The van der Waals surface area contributed by atoms with E-state index in [1.54, 1.807) is 38.1 Å². The first kappa shape index (κ1) is 23.7. The van der Waals surface area contributed by atoms with Crippen molar-refractivity contribution < 1.29 is 13.5 Å². The van der Waals surface area contributed by atoms with E-state index in [-0.39, 0.29) is 17.0 Å². The maximum Gasteiger partial charge on any atom is 0.254 e. The minimum Gasteiger partial charge on any atom is -0.389 e. The zero-order valence-corrected chi connectivity index (χ0v) is 20.2. The van der Waals surface area contributed by atoms with Crippen molar-refractivity contribution in [3.05, 3.63) is 75.7 Å². The van der Waals surface area contributed by atoms with Crippen LogP contribution in [0.3, 0.4) is 0 Å². The minimum atomic E-state index is -3.68. The Bertz CT molecular complexity index is 1290. The smallest absolute Gasteiger partial charge is 0.254 e. The number of benzene rings is 2. The van der Waals surface area contributed by atoms with E-state index in [4.69, 9.17) is 0 Å².